The van der Waals surface area contributed by atoms with Crippen molar-refractivity contribution in [3.8, 4) is 0 Å². The number of hydrogen-bond acceptors (Lipinski definition) is 5. The summed E-state index contributed by atoms with van der Waals surface area (Å²) in [5.74, 6) is -2.82. The lowest BCUT2D eigenvalue weighted by Gasteiger charge is -2.52. The Morgan fingerprint density at radius 1 is 0.821 bits per heavy atom. The summed E-state index contributed by atoms with van der Waals surface area (Å²) in [6.45, 7) is 0. The van der Waals surface area contributed by atoms with Gasteiger partial charge in [0.05, 0.1) is 27.9 Å². The molecular weight excluding hydrogens is 514 g/mol. The number of para-hydroxylation sites is 2. The van der Waals surface area contributed by atoms with Crippen LogP contribution >= 0.6 is 11.6 Å². The molecule has 0 unspecified atom stereocenters. The molecule has 1 aliphatic heterocycles. The van der Waals surface area contributed by atoms with Crippen molar-refractivity contribution in [1.82, 2.24) is 0 Å². The van der Waals surface area contributed by atoms with Crippen LogP contribution in [0.3, 0.4) is 0 Å². The van der Waals surface area contributed by atoms with E-state index < -0.39 is 34.0 Å². The number of carbonyl (C=O) groups is 2. The molecule has 1 heterocycles. The number of nitro groups is 1. The molecule has 8 rings (SSSR count). The van der Waals surface area contributed by atoms with Crippen LogP contribution in [0.1, 0.15) is 28.2 Å². The lowest BCUT2D eigenvalue weighted by molar-refractivity contribution is -0.384. The number of nitrogens with zero attached hydrogens (tertiary/aromatic N) is 3. The van der Waals surface area contributed by atoms with E-state index in [0.717, 1.165) is 27.2 Å². The molecule has 0 spiro atoms. The lowest BCUT2D eigenvalue weighted by atomic mass is 9.47. The highest BCUT2D eigenvalue weighted by atomic mass is 35.5. The van der Waals surface area contributed by atoms with Crippen molar-refractivity contribution in [3.05, 3.63) is 134 Å². The van der Waals surface area contributed by atoms with Crippen LogP contribution in [0, 0.1) is 22.0 Å². The van der Waals surface area contributed by atoms with Gasteiger partial charge in [-0.25, -0.2) is 4.90 Å². The molecule has 0 N–H and O–H groups in total. The van der Waals surface area contributed by atoms with Gasteiger partial charge >= 0.3 is 0 Å². The Morgan fingerprint density at radius 3 is 2.05 bits per heavy atom. The van der Waals surface area contributed by atoms with Gasteiger partial charge in [-0.15, -0.1) is 0 Å². The van der Waals surface area contributed by atoms with Crippen molar-refractivity contribution in [1.29, 1.82) is 0 Å². The first kappa shape index (κ1) is 23.5. The number of imide groups is 1. The van der Waals surface area contributed by atoms with Gasteiger partial charge in [-0.3, -0.25) is 24.7 Å². The molecule has 2 bridgehead atoms. The van der Waals surface area contributed by atoms with Gasteiger partial charge in [0.15, 0.2) is 0 Å². The molecule has 3 aliphatic carbocycles. The Balaban J connectivity index is 1.50. The molecule has 190 valence electrons. The molecule has 4 aliphatic rings. The normalized spacial score (nSPS) is 24.5. The average molecular weight is 534 g/mol. The zero-order chi connectivity index (χ0) is 26.9. The highest BCUT2D eigenvalue weighted by molar-refractivity contribution is 6.30. The van der Waals surface area contributed by atoms with E-state index in [9.17, 15) is 19.7 Å². The van der Waals surface area contributed by atoms with Crippen molar-refractivity contribution in [2.45, 2.75) is 11.3 Å². The number of amides is 2. The monoisotopic (exact) mass is 533 g/mol. The fourth-order valence-corrected chi connectivity index (χ4v) is 6.92. The Labute approximate surface area is 228 Å². The molecule has 0 saturated carbocycles. The van der Waals surface area contributed by atoms with Gasteiger partial charge in [0.2, 0.25) is 11.8 Å². The molecule has 2 atom stereocenters. The first-order chi connectivity index (χ1) is 18.9. The maximum atomic E-state index is 14.4. The number of aliphatic imine (C=N–C) groups is 1. The second kappa shape index (κ2) is 8.44. The number of carbonyl (C=O) groups excluding carboxylic acids is 2. The maximum absolute atomic E-state index is 14.4. The van der Waals surface area contributed by atoms with Crippen LogP contribution in [-0.4, -0.2) is 23.0 Å². The average Bonchev–Trinajstić information content (AvgIpc) is 3.23. The van der Waals surface area contributed by atoms with Crippen LogP contribution < -0.4 is 4.90 Å². The van der Waals surface area contributed by atoms with Crippen molar-refractivity contribution >= 4 is 46.7 Å². The molecule has 1 saturated heterocycles. The summed E-state index contributed by atoms with van der Waals surface area (Å²) in [6, 6.07) is 28.7. The third kappa shape index (κ3) is 3.14. The van der Waals surface area contributed by atoms with Crippen molar-refractivity contribution in [2.75, 3.05) is 4.90 Å². The summed E-state index contributed by atoms with van der Waals surface area (Å²) in [5, 5.41) is 12.5. The minimum Gasteiger partial charge on any atom is -0.274 e. The first-order valence-electron chi connectivity index (χ1n) is 12.5. The molecule has 7 nitrogen and oxygen atoms in total. The van der Waals surface area contributed by atoms with Gasteiger partial charge in [-0.1, -0.05) is 72.3 Å². The Kier molecular flexibility index (Phi) is 5.09. The number of hydrogen-bond donors (Lipinski definition) is 0. The van der Waals surface area contributed by atoms with Crippen molar-refractivity contribution < 1.29 is 14.5 Å². The highest BCUT2D eigenvalue weighted by Crippen LogP contribution is 2.64. The molecule has 0 aromatic heterocycles. The standard InChI is InChI=1S/C31H20ClN3O4/c32-18-13-15-19(16-14-18)33-17-31-22-9-3-1-7-20(22)26(21-8-2-4-10-23(21)31)27-28(31)30(37)34(29(27)36)24-11-5-6-12-25(24)35(38)39/h1-17,26-28H/t26?,27-,28-,31?/m0/s1. The van der Waals surface area contributed by atoms with E-state index in [0.29, 0.717) is 10.7 Å². The fraction of sp³-hybridized carbons (Fsp3) is 0.129. The molecule has 39 heavy (non-hydrogen) atoms. The minimum atomic E-state index is -1.06. The number of benzene rings is 4. The molecule has 2 amide bonds. The Morgan fingerprint density at radius 2 is 1.41 bits per heavy atom. The number of halogens is 1. The van der Waals surface area contributed by atoms with Crippen LogP contribution in [-0.2, 0) is 15.0 Å². The molecule has 4 aromatic carbocycles. The van der Waals surface area contributed by atoms with Gasteiger partial charge in [0.1, 0.15) is 5.69 Å². The van der Waals surface area contributed by atoms with Crippen LogP contribution in [0.15, 0.2) is 102 Å². The predicted molar refractivity (Wildman–Crippen MR) is 148 cm³/mol. The number of nitro benzene ring substituents is 1. The van der Waals surface area contributed by atoms with Gasteiger partial charge in [-0.05, 0) is 52.6 Å². The summed E-state index contributed by atoms with van der Waals surface area (Å²) >= 11 is 6.09. The van der Waals surface area contributed by atoms with Crippen LogP contribution in [0.5, 0.6) is 0 Å². The van der Waals surface area contributed by atoms with Gasteiger partial charge < -0.3 is 0 Å². The van der Waals surface area contributed by atoms with Crippen LogP contribution in [0.25, 0.3) is 0 Å². The van der Waals surface area contributed by atoms with E-state index in [1.807, 2.05) is 48.5 Å². The van der Waals surface area contributed by atoms with Gasteiger partial charge in [0.25, 0.3) is 5.69 Å². The van der Waals surface area contributed by atoms with E-state index in [4.69, 9.17) is 16.6 Å². The highest BCUT2D eigenvalue weighted by Gasteiger charge is 2.68. The van der Waals surface area contributed by atoms with E-state index in [1.54, 1.807) is 36.5 Å². The van der Waals surface area contributed by atoms with E-state index in [-0.39, 0.29) is 17.3 Å². The third-order valence-corrected chi connectivity index (χ3v) is 8.50. The van der Waals surface area contributed by atoms with Gasteiger partial charge in [-0.2, -0.15) is 0 Å². The van der Waals surface area contributed by atoms with Crippen molar-refractivity contribution in [2.24, 2.45) is 16.8 Å². The smallest absolute Gasteiger partial charge is 0.274 e. The molecule has 4 aromatic rings. The molecule has 8 heteroatoms. The van der Waals surface area contributed by atoms with E-state index in [2.05, 4.69) is 0 Å². The lowest BCUT2D eigenvalue weighted by Crippen LogP contribution is -2.54. The quantitative estimate of drug-likeness (QED) is 0.135. The number of rotatable bonds is 4. The topological polar surface area (TPSA) is 92.9 Å². The van der Waals surface area contributed by atoms with Crippen molar-refractivity contribution in [3.63, 3.8) is 0 Å². The summed E-state index contributed by atoms with van der Waals surface area (Å²) in [5.41, 5.74) is 3.05. The summed E-state index contributed by atoms with van der Waals surface area (Å²) in [6.07, 6.45) is 1.79. The summed E-state index contributed by atoms with van der Waals surface area (Å²) in [4.78, 5) is 45.8. The fourth-order valence-electron chi connectivity index (χ4n) is 6.80. The summed E-state index contributed by atoms with van der Waals surface area (Å²) in [7, 11) is 0. The third-order valence-electron chi connectivity index (χ3n) is 8.25. The van der Waals surface area contributed by atoms with Gasteiger partial charge in [0, 0.05) is 23.2 Å². The zero-order valence-corrected chi connectivity index (χ0v) is 21.2. The number of anilines is 1. The largest absolute Gasteiger partial charge is 0.293 e. The zero-order valence-electron chi connectivity index (χ0n) is 20.4. The van der Waals surface area contributed by atoms with Crippen LogP contribution in [0.4, 0.5) is 17.1 Å². The maximum Gasteiger partial charge on any atom is 0.293 e. The first-order valence-corrected chi connectivity index (χ1v) is 12.9. The minimum absolute atomic E-state index is 0.01000. The SMILES string of the molecule is O=C1[C@@H]2[C@@H](C(=O)N1c1ccccc1[N+](=O)[O-])C1c3ccccc3C2(C=Nc2ccc(Cl)cc2)c2ccccc21. The predicted octanol–water partition coefficient (Wildman–Crippen LogP) is 6.20. The second-order valence-corrected chi connectivity index (χ2v) is 10.5. The van der Waals surface area contributed by atoms with Crippen LogP contribution in [0.2, 0.25) is 5.02 Å². The van der Waals surface area contributed by atoms with E-state index >= 15 is 0 Å². The Hall–Kier alpha value is -4.62. The molecule has 1 fully saturated rings. The summed E-state index contributed by atoms with van der Waals surface area (Å²) < 4.78 is 0. The van der Waals surface area contributed by atoms with E-state index in [1.165, 1.54) is 18.2 Å². The molecule has 0 radical (unpaired) electrons. The Bertz CT molecular complexity index is 1680. The second-order valence-electron chi connectivity index (χ2n) is 10.0. The molecular formula is C31H20ClN3O4.